The van der Waals surface area contributed by atoms with Crippen molar-refractivity contribution < 1.29 is 24.1 Å². The number of amides is 4. The fourth-order valence-electron chi connectivity index (χ4n) is 7.84. The molecule has 14 heteroatoms. The third kappa shape index (κ3) is 13.4. The maximum Gasteiger partial charge on any atom is 0.293 e. The molecule has 2 unspecified atom stereocenters. The van der Waals surface area contributed by atoms with Crippen LogP contribution < -0.4 is 26.2 Å². The summed E-state index contributed by atoms with van der Waals surface area (Å²) in [6, 6.07) is 46.7. The minimum absolute atomic E-state index is 0.0191. The predicted molar refractivity (Wildman–Crippen MR) is 278 cm³/mol. The number of nitro benzene ring substituents is 1. The Hall–Kier alpha value is -8.96. The van der Waals surface area contributed by atoms with Gasteiger partial charge >= 0.3 is 0 Å². The molecule has 70 heavy (non-hydrogen) atoms. The number of benzene rings is 6. The minimum Gasteiger partial charge on any atom is -0.397 e. The van der Waals surface area contributed by atoms with Crippen molar-refractivity contribution in [1.29, 1.82) is 0 Å². The number of carbonyl (C=O) groups is 4. The Bertz CT molecular complexity index is 3080. The molecule has 6 aromatic carbocycles. The van der Waals surface area contributed by atoms with Crippen LogP contribution in [0.5, 0.6) is 0 Å². The number of nitrogens with two attached hydrogens (primary N) is 1. The molecular formula is C56H56N8O6. The summed E-state index contributed by atoms with van der Waals surface area (Å²) in [6.07, 6.45) is 4.27. The van der Waals surface area contributed by atoms with E-state index in [0.717, 1.165) is 39.0 Å². The van der Waals surface area contributed by atoms with Crippen LogP contribution in [0.15, 0.2) is 170 Å². The number of hydrogen-bond acceptors (Lipinski definition) is 7. The lowest BCUT2D eigenvalue weighted by atomic mass is 10.0. The highest BCUT2D eigenvalue weighted by Gasteiger charge is 2.28. The zero-order valence-corrected chi connectivity index (χ0v) is 39.5. The van der Waals surface area contributed by atoms with Gasteiger partial charge in [0.1, 0.15) is 17.6 Å². The number of likely N-dealkylation sites (N-methyl/N-ethyl adjacent to an activating group) is 2. The summed E-state index contributed by atoms with van der Waals surface area (Å²) in [6.45, 7) is 3.64. The van der Waals surface area contributed by atoms with E-state index in [2.05, 4.69) is 32.4 Å². The van der Waals surface area contributed by atoms with E-state index in [-0.39, 0.29) is 42.2 Å². The number of carbonyl (C=O) groups excluding carboxylic acids is 4. The maximum absolute atomic E-state index is 13.3. The van der Waals surface area contributed by atoms with Gasteiger partial charge in [-0.2, -0.15) is 0 Å². The lowest BCUT2D eigenvalue weighted by Gasteiger charge is -2.25. The van der Waals surface area contributed by atoms with Crippen molar-refractivity contribution in [2.75, 3.05) is 29.6 Å². The molecule has 0 saturated heterocycles. The van der Waals surface area contributed by atoms with Gasteiger partial charge in [-0.05, 0) is 66.4 Å². The topological polar surface area (TPSA) is 200 Å². The van der Waals surface area contributed by atoms with Crippen LogP contribution in [-0.2, 0) is 44.9 Å². The highest BCUT2D eigenvalue weighted by atomic mass is 16.6. The number of para-hydroxylation sites is 4. The molecule has 8 rings (SSSR count). The zero-order chi connectivity index (χ0) is 50.0. The summed E-state index contributed by atoms with van der Waals surface area (Å²) in [5.74, 6) is 4.39. The Morgan fingerprint density at radius 2 is 0.957 bits per heavy atom. The van der Waals surface area contributed by atoms with Crippen LogP contribution in [0.4, 0.5) is 22.7 Å². The molecular weight excluding hydrogens is 881 g/mol. The number of fused-ring (bicyclic) bond motifs is 2. The zero-order valence-electron chi connectivity index (χ0n) is 39.5. The number of rotatable bonds is 15. The van der Waals surface area contributed by atoms with E-state index in [4.69, 9.17) is 5.73 Å². The number of aromatic nitrogens is 2. The molecule has 4 amide bonds. The van der Waals surface area contributed by atoms with Crippen molar-refractivity contribution in [1.82, 2.24) is 20.6 Å². The second kappa shape index (κ2) is 24.7. The van der Waals surface area contributed by atoms with Crippen LogP contribution in [0.2, 0.25) is 0 Å². The molecule has 6 N–H and O–H groups in total. The first-order chi connectivity index (χ1) is 33.9. The molecule has 0 fully saturated rings. The first kappa shape index (κ1) is 50.5. The van der Waals surface area contributed by atoms with Gasteiger partial charge in [-0.1, -0.05) is 121 Å². The van der Waals surface area contributed by atoms with Crippen LogP contribution in [0.25, 0.3) is 21.8 Å². The second-order valence-corrected chi connectivity index (χ2v) is 16.3. The summed E-state index contributed by atoms with van der Waals surface area (Å²) in [5.41, 5.74) is 12.7. The molecule has 8 aromatic rings. The number of H-pyrrole nitrogens is 2. The summed E-state index contributed by atoms with van der Waals surface area (Å²) >= 11 is 0. The number of nitrogens with one attached hydrogen (secondary N) is 4. The lowest BCUT2D eigenvalue weighted by molar-refractivity contribution is -0.383. The van der Waals surface area contributed by atoms with E-state index in [1.807, 2.05) is 153 Å². The number of hydrogen-bond donors (Lipinski definition) is 5. The van der Waals surface area contributed by atoms with E-state index in [1.165, 1.54) is 11.0 Å². The molecule has 0 spiro atoms. The quantitative estimate of drug-likeness (QED) is 0.0293. The smallest absolute Gasteiger partial charge is 0.293 e. The summed E-state index contributed by atoms with van der Waals surface area (Å²) in [7, 11) is 3.41. The van der Waals surface area contributed by atoms with Gasteiger partial charge in [-0.3, -0.25) is 29.3 Å². The van der Waals surface area contributed by atoms with Crippen LogP contribution in [0.1, 0.15) is 36.1 Å². The van der Waals surface area contributed by atoms with Gasteiger partial charge in [0.25, 0.3) is 5.69 Å². The van der Waals surface area contributed by atoms with Gasteiger partial charge in [0, 0.05) is 67.5 Å². The molecule has 0 aliphatic heterocycles. The monoisotopic (exact) mass is 936 g/mol. The molecule has 0 aliphatic rings. The Labute approximate surface area is 407 Å². The molecule has 0 bridgehead atoms. The lowest BCUT2D eigenvalue weighted by Crippen LogP contribution is -2.49. The Kier molecular flexibility index (Phi) is 17.8. The third-order valence-electron chi connectivity index (χ3n) is 11.5. The average molecular weight is 937 g/mol. The first-order valence-corrected chi connectivity index (χ1v) is 22.6. The largest absolute Gasteiger partial charge is 0.397 e. The predicted octanol–water partition coefficient (Wildman–Crippen LogP) is 8.72. The van der Waals surface area contributed by atoms with Gasteiger partial charge < -0.3 is 36.1 Å². The van der Waals surface area contributed by atoms with Crippen LogP contribution >= 0.6 is 0 Å². The number of nitro groups is 1. The second-order valence-electron chi connectivity index (χ2n) is 16.3. The summed E-state index contributed by atoms with van der Waals surface area (Å²) < 4.78 is 0. The van der Waals surface area contributed by atoms with Gasteiger partial charge in [0.05, 0.1) is 29.0 Å². The van der Waals surface area contributed by atoms with E-state index in [0.29, 0.717) is 35.0 Å². The van der Waals surface area contributed by atoms with Gasteiger partial charge in [0.15, 0.2) is 0 Å². The Morgan fingerprint density at radius 3 is 1.37 bits per heavy atom. The van der Waals surface area contributed by atoms with Crippen molar-refractivity contribution in [3.63, 3.8) is 0 Å². The fourth-order valence-corrected chi connectivity index (χ4v) is 7.84. The maximum atomic E-state index is 13.3. The van der Waals surface area contributed by atoms with Gasteiger partial charge in [0.2, 0.25) is 23.6 Å². The van der Waals surface area contributed by atoms with E-state index < -0.39 is 17.0 Å². The van der Waals surface area contributed by atoms with Crippen molar-refractivity contribution in [3.05, 3.63) is 202 Å². The van der Waals surface area contributed by atoms with Crippen LogP contribution in [0.3, 0.4) is 0 Å². The van der Waals surface area contributed by atoms with E-state index in [9.17, 15) is 29.3 Å². The van der Waals surface area contributed by atoms with Crippen molar-refractivity contribution in [2.24, 2.45) is 0 Å². The number of nitrogens with zero attached hydrogens (tertiary/aromatic N) is 3. The number of aromatic amines is 2. The van der Waals surface area contributed by atoms with Crippen molar-refractivity contribution in [2.45, 2.75) is 51.6 Å². The number of nitrogen functional groups attached to an aromatic ring is 1. The highest BCUT2D eigenvalue weighted by Crippen LogP contribution is 2.28. The van der Waals surface area contributed by atoms with Gasteiger partial charge in [-0.25, -0.2) is 0 Å². The van der Waals surface area contributed by atoms with Crippen LogP contribution in [0, 0.1) is 22.0 Å². The minimum atomic E-state index is -0.778. The summed E-state index contributed by atoms with van der Waals surface area (Å²) in [4.78, 5) is 72.6. The molecule has 0 radical (unpaired) electrons. The van der Waals surface area contributed by atoms with E-state index in [1.54, 1.807) is 43.5 Å². The van der Waals surface area contributed by atoms with Gasteiger partial charge in [-0.15, -0.1) is 11.8 Å². The van der Waals surface area contributed by atoms with Crippen molar-refractivity contribution in [3.8, 4) is 11.8 Å². The number of anilines is 3. The van der Waals surface area contributed by atoms with Crippen molar-refractivity contribution >= 4 is 68.2 Å². The molecule has 0 saturated carbocycles. The summed E-state index contributed by atoms with van der Waals surface area (Å²) in [5, 5.41) is 18.6. The highest BCUT2D eigenvalue weighted by molar-refractivity contribution is 6.01. The number of non-ortho nitro benzene ring substituents is 1. The fraction of sp³-hybridized carbons (Fsp3) is 0.179. The Morgan fingerprint density at radius 1 is 0.571 bits per heavy atom. The molecule has 356 valence electrons. The van der Waals surface area contributed by atoms with E-state index >= 15 is 0 Å². The average Bonchev–Trinajstić information content (AvgIpc) is 4.00. The molecule has 2 aromatic heterocycles. The Balaban J connectivity index is 0.000000214. The molecule has 2 atom stereocenters. The SMILES string of the molecule is CC#CC.CN(C(=O)C(Cc1ccccc1)NC(=O)Cc1c[nH]c2c(N)cccc12)c1ccccc1.CN(C(=O)C(Cc1ccccc1)NC(=O)Cc1c[nH]c2c([N+](=O)[O-])cccc12)c1ccccc1. The third-order valence-corrected chi connectivity index (χ3v) is 11.5. The normalized spacial score (nSPS) is 11.3. The molecule has 0 aliphatic carbocycles. The standard InChI is InChI=1S/C26H24N4O4.C26H26N4O2.C4H6/c1-29(20-11-6-3-7-12-20)26(32)22(15-18-9-4-2-5-10-18)28-24(31)16-19-17-27-25-21(19)13-8-14-23(25)30(33)34;1-30(20-11-6-3-7-12-20)26(32)23(15-18-9-4-2-5-10-18)29-24(31)16-19-17-28-25-21(19)13-8-14-22(25)27;1-3-4-2/h2-14,17,22,27H,15-16H2,1H3,(H,28,31);2-14,17,23,28H,15-16,27H2,1H3,(H,29,31);1-2H3. The first-order valence-electron chi connectivity index (χ1n) is 22.6. The van der Waals surface area contributed by atoms with Crippen LogP contribution in [-0.4, -0.2) is 64.7 Å². The molecule has 14 nitrogen and oxygen atoms in total. The molecule has 2 heterocycles.